The van der Waals surface area contributed by atoms with E-state index in [0.29, 0.717) is 101 Å². The van der Waals surface area contributed by atoms with Crippen molar-refractivity contribution in [1.82, 2.24) is 0 Å². The van der Waals surface area contributed by atoms with Crippen LogP contribution >= 0.6 is 0 Å². The third kappa shape index (κ3) is 12.8. The first-order valence-corrected chi connectivity index (χ1v) is 37.2. The van der Waals surface area contributed by atoms with Gasteiger partial charge in [0.1, 0.15) is 57.6 Å². The second-order valence-electron chi connectivity index (χ2n) is 30.7. The molecule has 0 saturated carbocycles. The van der Waals surface area contributed by atoms with Crippen molar-refractivity contribution in [3.05, 3.63) is 429 Å². The van der Waals surface area contributed by atoms with Crippen molar-refractivity contribution in [3.8, 4) is 45.3 Å². The maximum atomic E-state index is 17.4. The smallest absolute Gasteiger partial charge is 0.153 e. The van der Waals surface area contributed by atoms with Gasteiger partial charge >= 0.3 is 0 Å². The molecule has 112 heavy (non-hydrogen) atoms. The predicted molar refractivity (Wildman–Crippen MR) is 432 cm³/mol. The van der Waals surface area contributed by atoms with Gasteiger partial charge in [0, 0.05) is 52.4 Å². The van der Waals surface area contributed by atoms with Crippen LogP contribution in [0, 0.1) is 46.5 Å². The number of rotatable bonds is 19. The second kappa shape index (κ2) is 28.3. The highest BCUT2D eigenvalue weighted by Gasteiger charge is 2.57. The molecule has 0 aromatic heterocycles. The standard InChI is InChI=1S/C100H74F8N2O2/c1-7-61-19-37-77(38-20-61)111-79-41-23-64(24-42-79)50-66-51-73(33-45-82(66)81-14-10-9-13-65(81)49-63-17-29-69(101)30-18-63)109(95-91(105)52-71(103)53-92(95)106)75-35-47-86-89(57-75)99(59-97(86,3)4)60-98(5,6)87-48-36-76(58-90(87)99)110(96-93(107)54-72(104)55-94(96)108)74-34-46-84-83-15-11-12-16-85(83)100(88(84)56-74,67-25-31-70(102)32-26-67)68-27-43-80(44-28-68)112-78-39-21-62(8-2)22-40-78/h7-48,51-58H,1-2,49-50,59-60H2,3-6H3. The van der Waals surface area contributed by atoms with E-state index in [2.05, 4.69) is 40.9 Å². The molecule has 2 unspecified atom stereocenters. The van der Waals surface area contributed by atoms with E-state index >= 15 is 30.7 Å². The van der Waals surface area contributed by atoms with Gasteiger partial charge in [-0.2, -0.15) is 0 Å². The molecule has 0 N–H and O–H groups in total. The lowest BCUT2D eigenvalue weighted by atomic mass is 9.67. The first-order chi connectivity index (χ1) is 54.1. The number of anilines is 6. The van der Waals surface area contributed by atoms with Crippen LogP contribution in [0.5, 0.6) is 23.0 Å². The molecule has 0 bridgehead atoms. The molecule has 3 aliphatic carbocycles. The third-order valence-electron chi connectivity index (χ3n) is 22.7. The minimum Gasteiger partial charge on any atom is -0.457 e. The Morgan fingerprint density at radius 2 is 0.679 bits per heavy atom. The highest BCUT2D eigenvalue weighted by atomic mass is 19.2. The maximum absolute atomic E-state index is 17.4. The first-order valence-electron chi connectivity index (χ1n) is 37.2. The van der Waals surface area contributed by atoms with Gasteiger partial charge in [0.2, 0.25) is 0 Å². The van der Waals surface area contributed by atoms with E-state index in [-0.39, 0.29) is 5.82 Å². The molecule has 0 heterocycles. The summed E-state index contributed by atoms with van der Waals surface area (Å²) in [6, 6.07) is 85.0. The lowest BCUT2D eigenvalue weighted by molar-refractivity contribution is 0.349. The fourth-order valence-corrected chi connectivity index (χ4v) is 18.0. The Bertz CT molecular complexity index is 5990. The molecule has 0 amide bonds. The molecule has 0 saturated heterocycles. The summed E-state index contributed by atoms with van der Waals surface area (Å²) in [6.07, 6.45) is 5.36. The summed E-state index contributed by atoms with van der Waals surface area (Å²) in [6.45, 7) is 16.4. The second-order valence-corrected chi connectivity index (χ2v) is 30.7. The molecule has 14 aromatic rings. The highest BCUT2D eigenvalue weighted by molar-refractivity contribution is 5.91. The SMILES string of the molecule is C=Cc1ccc(Oc2ccc(Cc3cc(N(c4ccc5c(c4)C4(CC5(C)C)CC(C)(C)c5ccc(N(c6ccc7c(c6)C(c6ccc(F)cc6)(c6ccc(Oc8ccc(C=C)cc8)cc6)c6ccccc6-7)c6c(F)cc(F)cc6F)cc54)c4c(F)cc(F)cc4F)ccc3-c3ccccc3Cc3ccc(F)cc3)cc2)cc1. The van der Waals surface area contributed by atoms with Gasteiger partial charge in [0.25, 0.3) is 0 Å². The number of hydrogen-bond acceptors (Lipinski definition) is 4. The van der Waals surface area contributed by atoms with Gasteiger partial charge in [-0.3, -0.25) is 0 Å². The van der Waals surface area contributed by atoms with Crippen LogP contribution in [-0.2, 0) is 34.5 Å². The molecule has 0 aliphatic heterocycles. The Morgan fingerprint density at radius 1 is 0.321 bits per heavy atom. The summed E-state index contributed by atoms with van der Waals surface area (Å²) >= 11 is 0. The zero-order valence-electron chi connectivity index (χ0n) is 61.8. The van der Waals surface area contributed by atoms with E-state index in [1.54, 1.807) is 36.4 Å². The van der Waals surface area contributed by atoms with E-state index in [1.807, 2.05) is 218 Å². The molecule has 552 valence electrons. The first kappa shape index (κ1) is 72.1. The van der Waals surface area contributed by atoms with E-state index in [9.17, 15) is 4.39 Å². The largest absolute Gasteiger partial charge is 0.457 e. The molecule has 14 aromatic carbocycles. The summed E-state index contributed by atoms with van der Waals surface area (Å²) in [5.41, 5.74) is 12.7. The van der Waals surface area contributed by atoms with Gasteiger partial charge in [0.15, 0.2) is 23.3 Å². The number of nitrogens with zero attached hydrogens (tertiary/aromatic N) is 2. The van der Waals surface area contributed by atoms with Gasteiger partial charge in [-0.25, -0.2) is 35.1 Å². The van der Waals surface area contributed by atoms with Crippen LogP contribution in [0.25, 0.3) is 34.4 Å². The van der Waals surface area contributed by atoms with Gasteiger partial charge < -0.3 is 19.3 Å². The van der Waals surface area contributed by atoms with Gasteiger partial charge in [-0.1, -0.05) is 199 Å². The van der Waals surface area contributed by atoms with Crippen molar-refractivity contribution < 1.29 is 44.6 Å². The minimum absolute atomic E-state index is 0.323. The molecule has 0 radical (unpaired) electrons. The predicted octanol–water partition coefficient (Wildman–Crippen LogP) is 27.5. The Kier molecular flexibility index (Phi) is 18.2. The Hall–Kier alpha value is -12.8. The summed E-state index contributed by atoms with van der Waals surface area (Å²) in [7, 11) is 0. The van der Waals surface area contributed by atoms with Crippen LogP contribution in [0.1, 0.15) is 118 Å². The maximum Gasteiger partial charge on any atom is 0.153 e. The van der Waals surface area contributed by atoms with Crippen molar-refractivity contribution in [3.63, 3.8) is 0 Å². The van der Waals surface area contributed by atoms with Crippen LogP contribution in [0.2, 0.25) is 0 Å². The average Bonchev–Trinajstić information content (AvgIpc) is 1.53. The van der Waals surface area contributed by atoms with E-state index in [4.69, 9.17) is 9.47 Å². The lowest BCUT2D eigenvalue weighted by Gasteiger charge is -2.35. The molecule has 4 nitrogen and oxygen atoms in total. The zero-order chi connectivity index (χ0) is 77.5. The van der Waals surface area contributed by atoms with Gasteiger partial charge in [0.05, 0.1) is 5.41 Å². The van der Waals surface area contributed by atoms with Crippen molar-refractivity contribution in [1.29, 1.82) is 0 Å². The summed E-state index contributed by atoms with van der Waals surface area (Å²) in [4.78, 5) is 3.02. The van der Waals surface area contributed by atoms with Crippen molar-refractivity contribution in [2.45, 2.75) is 75.0 Å². The molecule has 12 heteroatoms. The lowest BCUT2D eigenvalue weighted by Crippen LogP contribution is -2.29. The van der Waals surface area contributed by atoms with Crippen LogP contribution in [0.15, 0.2) is 304 Å². The normalized spacial score (nSPS) is 16.0. The summed E-state index contributed by atoms with van der Waals surface area (Å²) in [5, 5.41) is 0. The quantitative estimate of drug-likeness (QED) is 0.0754. The number of benzene rings is 14. The van der Waals surface area contributed by atoms with Crippen molar-refractivity contribution in [2.24, 2.45) is 0 Å². The third-order valence-corrected chi connectivity index (χ3v) is 22.7. The fourth-order valence-electron chi connectivity index (χ4n) is 18.0. The topological polar surface area (TPSA) is 24.9 Å². The van der Waals surface area contributed by atoms with E-state index < -0.39 is 73.8 Å². The molecule has 1 spiro atoms. The number of fused-ring (bicyclic) bond motifs is 7. The fraction of sp³-hybridized carbons (Fsp3) is 0.120. The number of halogens is 8. The Balaban J connectivity index is 0.821. The van der Waals surface area contributed by atoms with E-state index in [1.165, 1.54) is 34.1 Å². The van der Waals surface area contributed by atoms with Crippen molar-refractivity contribution in [2.75, 3.05) is 9.80 Å². The number of ether oxygens (including phenoxy) is 2. The van der Waals surface area contributed by atoms with E-state index in [0.717, 1.165) is 94.6 Å². The van der Waals surface area contributed by atoms with Crippen molar-refractivity contribution >= 4 is 46.3 Å². The molecule has 17 rings (SSSR count). The Morgan fingerprint density at radius 3 is 1.16 bits per heavy atom. The molecule has 3 aliphatic rings. The summed E-state index contributed by atoms with van der Waals surface area (Å²) in [5.74, 6) is -5.19. The van der Waals surface area contributed by atoms with Gasteiger partial charge in [-0.15, -0.1) is 0 Å². The Labute approximate surface area is 646 Å². The molecule has 0 fully saturated rings. The molecular formula is C100H74F8N2O2. The minimum atomic E-state index is -1.18. The number of hydrogen-bond donors (Lipinski definition) is 0. The van der Waals surface area contributed by atoms with Crippen LogP contribution in [0.3, 0.4) is 0 Å². The highest BCUT2D eigenvalue weighted by Crippen LogP contribution is 2.65. The monoisotopic (exact) mass is 1490 g/mol. The summed E-state index contributed by atoms with van der Waals surface area (Å²) < 4.78 is 143. The zero-order valence-corrected chi connectivity index (χ0v) is 61.8. The van der Waals surface area contributed by atoms with Gasteiger partial charge in [-0.05, 0) is 258 Å². The molecular weight excluding hydrogens is 1410 g/mol. The van der Waals surface area contributed by atoms with Crippen LogP contribution < -0.4 is 19.3 Å². The average molecular weight is 1490 g/mol. The van der Waals surface area contributed by atoms with Crippen LogP contribution in [-0.4, -0.2) is 0 Å². The van der Waals surface area contributed by atoms with Crippen LogP contribution in [0.4, 0.5) is 69.2 Å². The molecule has 2 atom stereocenters.